The molecular formula is C25H25Cl2N7. The molecule has 0 fully saturated rings. The number of nitrogens with zero attached hydrogens (tertiary/aromatic N) is 5. The van der Waals surface area contributed by atoms with Crippen molar-refractivity contribution in [2.75, 3.05) is 36.3 Å². The van der Waals surface area contributed by atoms with Crippen LogP contribution in [0, 0.1) is 0 Å². The van der Waals surface area contributed by atoms with Gasteiger partial charge in [0.25, 0.3) is 0 Å². The molecule has 9 heteroatoms. The van der Waals surface area contributed by atoms with Gasteiger partial charge >= 0.3 is 0 Å². The molecule has 0 aliphatic heterocycles. The maximum absolute atomic E-state index is 6.10. The topological polar surface area (TPSA) is 77.8 Å². The molecular weight excluding hydrogens is 469 g/mol. The second-order valence-electron chi connectivity index (χ2n) is 7.62. The van der Waals surface area contributed by atoms with E-state index >= 15 is 0 Å². The summed E-state index contributed by atoms with van der Waals surface area (Å²) in [5.74, 6) is 1.26. The molecule has 0 bridgehead atoms. The van der Waals surface area contributed by atoms with Crippen LogP contribution in [0.25, 0.3) is 10.9 Å². The summed E-state index contributed by atoms with van der Waals surface area (Å²) in [6, 6.07) is 23.6. The number of aromatic nitrogens is 2. The van der Waals surface area contributed by atoms with Crippen molar-refractivity contribution in [3.8, 4) is 0 Å². The lowest BCUT2D eigenvalue weighted by Gasteiger charge is -2.20. The highest BCUT2D eigenvalue weighted by atomic mass is 35.5. The van der Waals surface area contributed by atoms with E-state index in [0.29, 0.717) is 23.3 Å². The minimum atomic E-state index is 0.564. The van der Waals surface area contributed by atoms with E-state index in [1.165, 1.54) is 11.9 Å². The standard InChI is InChI=1S/C25H25Cl2N7/c26-11-13-34(17-19-5-2-1-3-6-19)14-12-30-33-32-22-9-10-24-23(16-22)25(29-18-28-24)31-21-8-4-7-20(27)15-21/h1-10,15-16,18H,11-14,17H2,(H,30,32)(H,28,29,31). The maximum Gasteiger partial charge on any atom is 0.141 e. The fraction of sp³-hybridized carbons (Fsp3) is 0.200. The summed E-state index contributed by atoms with van der Waals surface area (Å²) in [6.45, 7) is 2.97. The third kappa shape index (κ3) is 6.87. The van der Waals surface area contributed by atoms with Crippen LogP contribution in [0.3, 0.4) is 0 Å². The van der Waals surface area contributed by atoms with Gasteiger partial charge < -0.3 is 5.32 Å². The smallest absolute Gasteiger partial charge is 0.141 e. The van der Waals surface area contributed by atoms with Gasteiger partial charge in [-0.15, -0.1) is 11.6 Å². The van der Waals surface area contributed by atoms with Crippen LogP contribution in [0.15, 0.2) is 89.5 Å². The van der Waals surface area contributed by atoms with Crippen LogP contribution in [0.2, 0.25) is 5.02 Å². The lowest BCUT2D eigenvalue weighted by atomic mass is 10.2. The zero-order valence-corrected chi connectivity index (χ0v) is 20.0. The van der Waals surface area contributed by atoms with Crippen molar-refractivity contribution < 1.29 is 0 Å². The molecule has 174 valence electrons. The highest BCUT2D eigenvalue weighted by molar-refractivity contribution is 6.30. The molecule has 2 N–H and O–H groups in total. The fourth-order valence-electron chi connectivity index (χ4n) is 3.49. The molecule has 0 radical (unpaired) electrons. The zero-order valence-electron chi connectivity index (χ0n) is 18.5. The number of alkyl halides is 1. The number of rotatable bonds is 11. The van der Waals surface area contributed by atoms with Crippen LogP contribution in [-0.4, -0.2) is 40.4 Å². The third-order valence-corrected chi connectivity index (χ3v) is 5.54. The monoisotopic (exact) mass is 493 g/mol. The Labute approximate surface area is 208 Å². The Balaban J connectivity index is 1.37. The van der Waals surface area contributed by atoms with Crippen molar-refractivity contribution in [3.05, 3.63) is 89.7 Å². The Morgan fingerprint density at radius 3 is 2.59 bits per heavy atom. The molecule has 0 spiro atoms. The van der Waals surface area contributed by atoms with Crippen LogP contribution in [0.1, 0.15) is 5.56 Å². The molecule has 0 aliphatic rings. The number of fused-ring (bicyclic) bond motifs is 1. The van der Waals surface area contributed by atoms with E-state index in [2.05, 4.69) is 48.1 Å². The first-order valence-corrected chi connectivity index (χ1v) is 11.8. The van der Waals surface area contributed by atoms with Crippen molar-refractivity contribution in [1.82, 2.24) is 14.9 Å². The van der Waals surface area contributed by atoms with E-state index in [4.69, 9.17) is 23.2 Å². The van der Waals surface area contributed by atoms with E-state index in [9.17, 15) is 0 Å². The summed E-state index contributed by atoms with van der Waals surface area (Å²) >= 11 is 12.1. The first-order valence-electron chi connectivity index (χ1n) is 10.9. The molecule has 0 saturated heterocycles. The lowest BCUT2D eigenvalue weighted by Crippen LogP contribution is -2.28. The molecule has 0 saturated carbocycles. The van der Waals surface area contributed by atoms with E-state index in [1.54, 1.807) is 0 Å². The minimum Gasteiger partial charge on any atom is -0.340 e. The highest BCUT2D eigenvalue weighted by Crippen LogP contribution is 2.26. The summed E-state index contributed by atoms with van der Waals surface area (Å²) in [6.07, 6.45) is 1.53. The number of anilines is 3. The number of hydrogen-bond acceptors (Lipinski definition) is 6. The molecule has 1 heterocycles. The minimum absolute atomic E-state index is 0.564. The molecule has 0 aliphatic carbocycles. The van der Waals surface area contributed by atoms with Crippen LogP contribution >= 0.6 is 23.2 Å². The van der Waals surface area contributed by atoms with Gasteiger partial charge in [0.1, 0.15) is 12.1 Å². The average Bonchev–Trinajstić information content (AvgIpc) is 2.85. The Bertz CT molecular complexity index is 1230. The molecule has 0 unspecified atom stereocenters. The molecule has 4 rings (SSSR count). The predicted octanol–water partition coefficient (Wildman–Crippen LogP) is 6.55. The van der Waals surface area contributed by atoms with Gasteiger partial charge in [-0.25, -0.2) is 9.97 Å². The van der Waals surface area contributed by atoms with Gasteiger partial charge in [-0.3, -0.25) is 10.3 Å². The number of nitrogens with one attached hydrogen (secondary N) is 2. The van der Waals surface area contributed by atoms with Gasteiger partial charge in [-0.2, -0.15) is 5.11 Å². The zero-order chi connectivity index (χ0) is 23.6. The second kappa shape index (κ2) is 12.3. The number of hydrogen-bond donors (Lipinski definition) is 2. The van der Waals surface area contributed by atoms with Gasteiger partial charge in [0.2, 0.25) is 0 Å². The van der Waals surface area contributed by atoms with Gasteiger partial charge in [-0.05, 0) is 42.0 Å². The first-order chi connectivity index (χ1) is 16.7. The largest absolute Gasteiger partial charge is 0.340 e. The van der Waals surface area contributed by atoms with E-state index < -0.39 is 0 Å². The van der Waals surface area contributed by atoms with Crippen molar-refractivity contribution >= 4 is 51.3 Å². The highest BCUT2D eigenvalue weighted by Gasteiger charge is 2.07. The number of halogens is 2. The normalized spacial score (nSPS) is 11.4. The van der Waals surface area contributed by atoms with Crippen molar-refractivity contribution in [2.24, 2.45) is 10.3 Å². The fourth-order valence-corrected chi connectivity index (χ4v) is 3.92. The van der Waals surface area contributed by atoms with E-state index in [-0.39, 0.29) is 0 Å². The van der Waals surface area contributed by atoms with Crippen molar-refractivity contribution in [3.63, 3.8) is 0 Å². The lowest BCUT2D eigenvalue weighted by molar-refractivity contribution is 0.289. The third-order valence-electron chi connectivity index (χ3n) is 5.14. The van der Waals surface area contributed by atoms with Crippen LogP contribution in [-0.2, 0) is 6.54 Å². The quantitative estimate of drug-likeness (QED) is 0.141. The Hall–Kier alpha value is -3.26. The van der Waals surface area contributed by atoms with E-state index in [0.717, 1.165) is 41.9 Å². The predicted molar refractivity (Wildman–Crippen MR) is 140 cm³/mol. The molecule has 1 aromatic heterocycles. The molecule has 0 atom stereocenters. The summed E-state index contributed by atoms with van der Waals surface area (Å²) < 4.78 is 0. The molecule has 7 nitrogen and oxygen atoms in total. The number of benzene rings is 3. The van der Waals surface area contributed by atoms with Crippen LogP contribution in [0.4, 0.5) is 17.2 Å². The Morgan fingerprint density at radius 1 is 0.882 bits per heavy atom. The Kier molecular flexibility index (Phi) is 8.62. The molecule has 4 aromatic rings. The van der Waals surface area contributed by atoms with Crippen LogP contribution < -0.4 is 10.7 Å². The van der Waals surface area contributed by atoms with Crippen LogP contribution in [0.5, 0.6) is 0 Å². The summed E-state index contributed by atoms with van der Waals surface area (Å²) in [5, 5.41) is 13.2. The van der Waals surface area contributed by atoms with Gasteiger partial charge in [-0.1, -0.05) is 53.2 Å². The van der Waals surface area contributed by atoms with Crippen molar-refractivity contribution in [1.29, 1.82) is 0 Å². The van der Waals surface area contributed by atoms with Gasteiger partial charge in [0, 0.05) is 41.6 Å². The maximum atomic E-state index is 6.10. The second-order valence-corrected chi connectivity index (χ2v) is 8.43. The molecule has 34 heavy (non-hydrogen) atoms. The molecule has 0 amide bonds. The first kappa shape index (κ1) is 23.9. The van der Waals surface area contributed by atoms with E-state index in [1.807, 2.05) is 60.7 Å². The summed E-state index contributed by atoms with van der Waals surface area (Å²) in [4.78, 5) is 11.0. The summed E-state index contributed by atoms with van der Waals surface area (Å²) in [5.41, 5.74) is 6.72. The summed E-state index contributed by atoms with van der Waals surface area (Å²) in [7, 11) is 0. The average molecular weight is 494 g/mol. The van der Waals surface area contributed by atoms with Gasteiger partial charge in [0.05, 0.1) is 17.7 Å². The SMILES string of the molecule is ClCCN(CCN=NNc1ccc2ncnc(Nc3cccc(Cl)c3)c2c1)Cc1ccccc1. The molecule has 3 aromatic carbocycles. The van der Waals surface area contributed by atoms with Gasteiger partial charge in [0.15, 0.2) is 0 Å². The van der Waals surface area contributed by atoms with Crippen molar-refractivity contribution in [2.45, 2.75) is 6.54 Å². The Morgan fingerprint density at radius 2 is 1.76 bits per heavy atom.